The Balaban J connectivity index is 1.63. The summed E-state index contributed by atoms with van der Waals surface area (Å²) in [5, 5.41) is 3.18. The fourth-order valence-electron chi connectivity index (χ4n) is 5.36. The number of fused-ring (bicyclic) bond motifs is 1. The summed E-state index contributed by atoms with van der Waals surface area (Å²) in [6.45, 7) is 0. The molecule has 0 aromatic heterocycles. The number of ketones is 1. The fraction of sp³-hybridized carbons (Fsp3) is 0.565. The first-order chi connectivity index (χ1) is 12.7. The monoisotopic (exact) mass is 351 g/mol. The van der Waals surface area contributed by atoms with Crippen molar-refractivity contribution in [3.63, 3.8) is 0 Å². The molecular weight excluding hydrogens is 322 g/mol. The Morgan fingerprint density at radius 3 is 2.42 bits per heavy atom. The van der Waals surface area contributed by atoms with Gasteiger partial charge in [-0.05, 0) is 49.2 Å². The molecule has 0 radical (unpaired) electrons. The number of hydrogen-bond acceptors (Lipinski definition) is 2. The fourth-order valence-corrected chi connectivity index (χ4v) is 5.36. The number of carbonyl (C=O) groups excluding carboxylic acids is 2. The molecule has 1 aromatic rings. The van der Waals surface area contributed by atoms with Gasteiger partial charge in [-0.2, -0.15) is 0 Å². The van der Waals surface area contributed by atoms with Gasteiger partial charge in [-0.3, -0.25) is 9.59 Å². The van der Waals surface area contributed by atoms with E-state index in [0.29, 0.717) is 11.8 Å². The number of amides is 1. The first-order valence-corrected chi connectivity index (χ1v) is 10.3. The number of allylic oxidation sites excluding steroid dienone is 2. The highest BCUT2D eigenvalue weighted by Crippen LogP contribution is 2.44. The van der Waals surface area contributed by atoms with Crippen LogP contribution < -0.4 is 5.32 Å². The maximum atomic E-state index is 13.1. The lowest BCUT2D eigenvalue weighted by molar-refractivity contribution is -0.137. The zero-order chi connectivity index (χ0) is 17.9. The van der Waals surface area contributed by atoms with Gasteiger partial charge < -0.3 is 5.32 Å². The van der Waals surface area contributed by atoms with Crippen molar-refractivity contribution in [1.29, 1.82) is 0 Å². The zero-order valence-electron chi connectivity index (χ0n) is 15.4. The molecular formula is C23H29NO2. The molecule has 1 saturated heterocycles. The first-order valence-electron chi connectivity index (χ1n) is 10.3. The Bertz CT molecular complexity index is 675. The molecule has 3 heteroatoms. The van der Waals surface area contributed by atoms with Crippen LogP contribution >= 0.6 is 0 Å². The summed E-state index contributed by atoms with van der Waals surface area (Å²) < 4.78 is 0. The lowest BCUT2D eigenvalue weighted by Crippen LogP contribution is -2.56. The number of piperidine rings is 1. The lowest BCUT2D eigenvalue weighted by atomic mass is 9.64. The van der Waals surface area contributed by atoms with Crippen LogP contribution in [0.2, 0.25) is 0 Å². The largest absolute Gasteiger partial charge is 0.352 e. The van der Waals surface area contributed by atoms with Gasteiger partial charge in [-0.25, -0.2) is 0 Å². The number of nitrogens with one attached hydrogen (secondary N) is 1. The molecule has 3 nitrogen and oxygen atoms in total. The summed E-state index contributed by atoms with van der Waals surface area (Å²) in [6, 6.07) is 10.5. The van der Waals surface area contributed by atoms with E-state index >= 15 is 0 Å². The van der Waals surface area contributed by atoms with Crippen molar-refractivity contribution in [3.05, 3.63) is 48.0 Å². The Kier molecular flexibility index (Phi) is 5.23. The van der Waals surface area contributed by atoms with E-state index in [9.17, 15) is 9.59 Å². The van der Waals surface area contributed by atoms with Crippen LogP contribution in [0.5, 0.6) is 0 Å². The molecule has 1 aliphatic heterocycles. The van der Waals surface area contributed by atoms with Gasteiger partial charge in [0, 0.05) is 12.0 Å². The zero-order valence-corrected chi connectivity index (χ0v) is 15.4. The summed E-state index contributed by atoms with van der Waals surface area (Å²) in [5.74, 6) is 0.251. The molecule has 2 saturated carbocycles. The standard InChI is InChI=1S/C23H29NO2/c25-20(15-14-16-8-4-5-9-16)22-21(17-10-2-1-3-11-17)18-12-6-7-13-19(18)24-23(22)26/h1-3,10-11,14-16,18-19,21-22H,4-9,12-13H2,(H,24,26)/b15-14+. The third-order valence-electron chi connectivity index (χ3n) is 6.67. The number of hydrogen-bond donors (Lipinski definition) is 1. The van der Waals surface area contributed by atoms with Gasteiger partial charge in [-0.1, -0.05) is 62.1 Å². The molecule has 0 spiro atoms. The number of carbonyl (C=O) groups is 2. The third kappa shape index (κ3) is 3.49. The van der Waals surface area contributed by atoms with Crippen LogP contribution in [0.4, 0.5) is 0 Å². The van der Waals surface area contributed by atoms with Gasteiger partial charge in [0.2, 0.25) is 5.91 Å². The average molecular weight is 351 g/mol. The molecule has 1 amide bonds. The summed E-state index contributed by atoms with van der Waals surface area (Å²) in [6.07, 6.45) is 13.1. The second kappa shape index (κ2) is 7.77. The Morgan fingerprint density at radius 1 is 0.962 bits per heavy atom. The van der Waals surface area contributed by atoms with Crippen molar-refractivity contribution in [3.8, 4) is 0 Å². The van der Waals surface area contributed by atoms with Crippen molar-refractivity contribution in [1.82, 2.24) is 5.32 Å². The van der Waals surface area contributed by atoms with E-state index in [2.05, 4.69) is 23.5 Å². The molecule has 4 unspecified atom stereocenters. The third-order valence-corrected chi connectivity index (χ3v) is 6.67. The highest BCUT2D eigenvalue weighted by Gasteiger charge is 2.47. The molecule has 1 N–H and O–H groups in total. The van der Waals surface area contributed by atoms with Gasteiger partial charge in [0.25, 0.3) is 0 Å². The van der Waals surface area contributed by atoms with Gasteiger partial charge in [0.1, 0.15) is 5.92 Å². The minimum absolute atomic E-state index is 0.00715. The van der Waals surface area contributed by atoms with Crippen molar-refractivity contribution in [2.45, 2.75) is 63.3 Å². The summed E-state index contributed by atoms with van der Waals surface area (Å²) in [5.41, 5.74) is 1.15. The van der Waals surface area contributed by atoms with Crippen molar-refractivity contribution >= 4 is 11.7 Å². The topological polar surface area (TPSA) is 46.2 Å². The first kappa shape index (κ1) is 17.5. The number of rotatable bonds is 4. The second-order valence-corrected chi connectivity index (χ2v) is 8.28. The average Bonchev–Trinajstić information content (AvgIpc) is 3.19. The molecule has 0 bridgehead atoms. The van der Waals surface area contributed by atoms with E-state index in [1.54, 1.807) is 6.08 Å². The van der Waals surface area contributed by atoms with Crippen LogP contribution in [-0.2, 0) is 9.59 Å². The molecule has 3 fully saturated rings. The molecule has 1 heterocycles. The van der Waals surface area contributed by atoms with Crippen LogP contribution in [0.3, 0.4) is 0 Å². The van der Waals surface area contributed by atoms with Crippen LogP contribution in [0.25, 0.3) is 0 Å². The molecule has 1 aromatic carbocycles. The van der Waals surface area contributed by atoms with Gasteiger partial charge >= 0.3 is 0 Å². The predicted octanol–water partition coefficient (Wildman–Crippen LogP) is 4.39. The quantitative estimate of drug-likeness (QED) is 0.646. The van der Waals surface area contributed by atoms with E-state index in [4.69, 9.17) is 0 Å². The highest BCUT2D eigenvalue weighted by molar-refractivity contribution is 6.08. The Hall–Kier alpha value is -1.90. The van der Waals surface area contributed by atoms with Crippen molar-refractivity contribution in [2.75, 3.05) is 0 Å². The highest BCUT2D eigenvalue weighted by atomic mass is 16.2. The molecule has 2 aliphatic carbocycles. The minimum Gasteiger partial charge on any atom is -0.352 e. The summed E-state index contributed by atoms with van der Waals surface area (Å²) >= 11 is 0. The Labute approximate surface area is 156 Å². The van der Waals surface area contributed by atoms with E-state index < -0.39 is 5.92 Å². The minimum atomic E-state index is -0.575. The summed E-state index contributed by atoms with van der Waals surface area (Å²) in [4.78, 5) is 26.0. The molecule has 4 rings (SSSR count). The molecule has 4 atom stereocenters. The van der Waals surface area contributed by atoms with Gasteiger partial charge in [0.05, 0.1) is 0 Å². The predicted molar refractivity (Wildman–Crippen MR) is 103 cm³/mol. The lowest BCUT2D eigenvalue weighted by Gasteiger charge is -2.45. The Morgan fingerprint density at radius 2 is 1.65 bits per heavy atom. The second-order valence-electron chi connectivity index (χ2n) is 8.28. The van der Waals surface area contributed by atoms with Crippen LogP contribution in [0.1, 0.15) is 62.8 Å². The number of benzene rings is 1. The van der Waals surface area contributed by atoms with E-state index in [0.717, 1.165) is 18.4 Å². The SMILES string of the molecule is O=C(/C=C/C1CCCC1)C1C(=O)NC2CCCCC2C1c1ccccc1. The molecule has 3 aliphatic rings. The van der Waals surface area contributed by atoms with E-state index in [-0.39, 0.29) is 23.7 Å². The van der Waals surface area contributed by atoms with Crippen molar-refractivity contribution in [2.24, 2.45) is 17.8 Å². The van der Waals surface area contributed by atoms with Crippen LogP contribution in [-0.4, -0.2) is 17.7 Å². The normalized spacial score (nSPS) is 32.4. The smallest absolute Gasteiger partial charge is 0.231 e. The molecule has 26 heavy (non-hydrogen) atoms. The van der Waals surface area contributed by atoms with Crippen LogP contribution in [0.15, 0.2) is 42.5 Å². The van der Waals surface area contributed by atoms with Gasteiger partial charge in [0.15, 0.2) is 5.78 Å². The van der Waals surface area contributed by atoms with E-state index in [1.807, 2.05) is 18.2 Å². The molecule has 138 valence electrons. The van der Waals surface area contributed by atoms with E-state index in [1.165, 1.54) is 38.5 Å². The van der Waals surface area contributed by atoms with Gasteiger partial charge in [-0.15, -0.1) is 0 Å². The maximum Gasteiger partial charge on any atom is 0.231 e. The maximum absolute atomic E-state index is 13.1. The van der Waals surface area contributed by atoms with Crippen molar-refractivity contribution < 1.29 is 9.59 Å². The summed E-state index contributed by atoms with van der Waals surface area (Å²) in [7, 11) is 0. The van der Waals surface area contributed by atoms with Crippen LogP contribution in [0, 0.1) is 17.8 Å².